The second-order valence-electron chi connectivity index (χ2n) is 2.03. The molecule has 2 nitrogen and oxygen atoms in total. The lowest BCUT2D eigenvalue weighted by Crippen LogP contribution is -1.83. The quantitative estimate of drug-likeness (QED) is 0.583. The summed E-state index contributed by atoms with van der Waals surface area (Å²) in [5.74, 6) is 0. The third-order valence-corrected chi connectivity index (χ3v) is 1.63. The van der Waals surface area contributed by atoms with Crippen molar-refractivity contribution < 1.29 is 4.21 Å². The van der Waals surface area contributed by atoms with E-state index in [1.54, 1.807) is 6.20 Å². The summed E-state index contributed by atoms with van der Waals surface area (Å²) in [6, 6.07) is 5.56. The van der Waals surface area contributed by atoms with Gasteiger partial charge in [0.25, 0.3) is 0 Å². The number of pyridine rings is 1. The van der Waals surface area contributed by atoms with Gasteiger partial charge in [-0.05, 0) is 24.1 Å². The third kappa shape index (κ3) is 2.15. The molecule has 3 heteroatoms. The van der Waals surface area contributed by atoms with E-state index in [-0.39, 0.29) is 0 Å². The maximum Gasteiger partial charge on any atom is 0.142 e. The highest BCUT2D eigenvalue weighted by Gasteiger charge is 1.91. The molecule has 0 amide bonds. The molecule has 1 aromatic rings. The van der Waals surface area contributed by atoms with E-state index in [2.05, 4.69) is 10.0 Å². The van der Waals surface area contributed by atoms with Gasteiger partial charge in [0.2, 0.25) is 0 Å². The van der Waals surface area contributed by atoms with E-state index in [0.29, 0.717) is 11.3 Å². The van der Waals surface area contributed by atoms with Gasteiger partial charge in [0.15, 0.2) is 0 Å². The molecule has 0 aliphatic carbocycles. The van der Waals surface area contributed by atoms with E-state index < -0.39 is 0 Å². The number of allylic oxidation sites excluding steroid dienone is 1. The van der Waals surface area contributed by atoms with Gasteiger partial charge in [-0.3, -0.25) is 4.98 Å². The fourth-order valence-electron chi connectivity index (χ4n) is 0.699. The second kappa shape index (κ2) is 3.86. The van der Waals surface area contributed by atoms with Crippen LogP contribution in [0.15, 0.2) is 24.4 Å². The van der Waals surface area contributed by atoms with Crippen molar-refractivity contribution in [3.63, 3.8) is 0 Å². The topological polar surface area (TPSA) is 30.0 Å². The van der Waals surface area contributed by atoms with Crippen LogP contribution in [0.1, 0.15) is 12.6 Å². The molecule has 0 atom stereocenters. The van der Waals surface area contributed by atoms with Crippen LogP contribution in [0.5, 0.6) is 0 Å². The van der Waals surface area contributed by atoms with E-state index in [0.717, 1.165) is 11.3 Å². The zero-order valence-corrected chi connectivity index (χ0v) is 6.89. The van der Waals surface area contributed by atoms with Gasteiger partial charge in [-0.1, -0.05) is 6.07 Å². The summed E-state index contributed by atoms with van der Waals surface area (Å²) in [7, 11) is 0. The minimum Gasteiger partial charge on any atom is -0.256 e. The van der Waals surface area contributed by atoms with Crippen LogP contribution in [0.3, 0.4) is 0 Å². The van der Waals surface area contributed by atoms with E-state index in [9.17, 15) is 4.21 Å². The SMILES string of the molecule is CC(=C=S=O)c1ccccn1. The van der Waals surface area contributed by atoms with Gasteiger partial charge in [-0.25, -0.2) is 4.21 Å². The lowest BCUT2D eigenvalue weighted by Gasteiger charge is -1.92. The average Bonchev–Trinajstić information content (AvgIpc) is 2.07. The molecule has 56 valence electrons. The molecule has 0 unspecified atom stereocenters. The lowest BCUT2D eigenvalue weighted by molar-refractivity contribution is 0.701. The Morgan fingerprint density at radius 2 is 2.45 bits per heavy atom. The second-order valence-corrected chi connectivity index (χ2v) is 2.40. The van der Waals surface area contributed by atoms with Crippen molar-refractivity contribution in [1.29, 1.82) is 0 Å². The predicted molar refractivity (Wildman–Crippen MR) is 46.5 cm³/mol. The fourth-order valence-corrected chi connectivity index (χ4v) is 0.929. The lowest BCUT2D eigenvalue weighted by atomic mass is 10.2. The van der Waals surface area contributed by atoms with Crippen LogP contribution in [0.4, 0.5) is 0 Å². The zero-order valence-electron chi connectivity index (χ0n) is 6.07. The largest absolute Gasteiger partial charge is 0.256 e. The average molecular weight is 165 g/mol. The van der Waals surface area contributed by atoms with Crippen LogP contribution in [0, 0.1) is 0 Å². The van der Waals surface area contributed by atoms with Gasteiger partial charge in [0.05, 0.1) is 5.69 Å². The Bertz CT molecular complexity index is 321. The number of nitrogens with zero attached hydrogens (tertiary/aromatic N) is 1. The molecular weight excluding hydrogens is 158 g/mol. The summed E-state index contributed by atoms with van der Waals surface area (Å²) in [5.41, 5.74) is 1.58. The molecule has 0 fully saturated rings. The fraction of sp³-hybridized carbons (Fsp3) is 0.125. The summed E-state index contributed by atoms with van der Waals surface area (Å²) in [4.78, 5) is 4.05. The van der Waals surface area contributed by atoms with E-state index >= 15 is 0 Å². The van der Waals surface area contributed by atoms with Gasteiger partial charge in [0, 0.05) is 11.8 Å². The minimum absolute atomic E-state index is 0.328. The van der Waals surface area contributed by atoms with Crippen LogP contribution < -0.4 is 0 Å². The van der Waals surface area contributed by atoms with Crippen molar-refractivity contribution in [2.75, 3.05) is 0 Å². The minimum atomic E-state index is 0.328. The summed E-state index contributed by atoms with van der Waals surface area (Å²) in [6.45, 7) is 1.81. The normalized spacial score (nSPS) is 8.45. The van der Waals surface area contributed by atoms with Crippen molar-refractivity contribution >= 4 is 21.9 Å². The van der Waals surface area contributed by atoms with Crippen LogP contribution in [-0.4, -0.2) is 14.2 Å². The molecule has 1 rings (SSSR count). The molecular formula is C8H7NOS. The molecule has 0 saturated heterocycles. The Hall–Kier alpha value is -1.18. The van der Waals surface area contributed by atoms with Crippen LogP contribution in [-0.2, 0) is 11.3 Å². The van der Waals surface area contributed by atoms with Gasteiger partial charge in [-0.2, -0.15) is 0 Å². The molecule has 0 N–H and O–H groups in total. The first-order valence-corrected chi connectivity index (χ1v) is 3.88. The van der Waals surface area contributed by atoms with Crippen molar-refractivity contribution in [3.05, 3.63) is 30.1 Å². The Labute approximate surface area is 68.7 Å². The number of hydrogen-bond acceptors (Lipinski definition) is 2. The van der Waals surface area contributed by atoms with E-state index in [4.69, 9.17) is 0 Å². The number of aromatic nitrogens is 1. The van der Waals surface area contributed by atoms with Crippen molar-refractivity contribution in [1.82, 2.24) is 4.98 Å². The summed E-state index contributed by atoms with van der Waals surface area (Å²) < 4.78 is 10.1. The van der Waals surface area contributed by atoms with Crippen molar-refractivity contribution in [2.24, 2.45) is 0 Å². The Morgan fingerprint density at radius 3 is 3.00 bits per heavy atom. The first kappa shape index (κ1) is 7.92. The first-order chi connectivity index (χ1) is 5.34. The van der Waals surface area contributed by atoms with E-state index in [1.165, 1.54) is 0 Å². The maximum absolute atomic E-state index is 10.1. The van der Waals surface area contributed by atoms with Gasteiger partial charge in [0.1, 0.15) is 11.3 Å². The van der Waals surface area contributed by atoms with Gasteiger partial charge < -0.3 is 0 Å². The van der Waals surface area contributed by atoms with Gasteiger partial charge in [-0.15, -0.1) is 0 Å². The van der Waals surface area contributed by atoms with Crippen molar-refractivity contribution in [3.8, 4) is 0 Å². The van der Waals surface area contributed by atoms with Crippen LogP contribution in [0.2, 0.25) is 0 Å². The summed E-state index contributed by atoms with van der Waals surface area (Å²) >= 11 is 0.328. The highest BCUT2D eigenvalue weighted by molar-refractivity contribution is 7.64. The molecule has 0 spiro atoms. The smallest absolute Gasteiger partial charge is 0.142 e. The van der Waals surface area contributed by atoms with Crippen molar-refractivity contribution in [2.45, 2.75) is 6.92 Å². The monoisotopic (exact) mass is 165 g/mol. The number of rotatable bonds is 1. The van der Waals surface area contributed by atoms with E-state index in [1.807, 2.05) is 25.1 Å². The summed E-state index contributed by atoms with van der Waals surface area (Å²) in [5, 5.41) is 2.58. The third-order valence-electron chi connectivity index (χ3n) is 1.24. The highest BCUT2D eigenvalue weighted by atomic mass is 32.1. The van der Waals surface area contributed by atoms with Crippen LogP contribution in [0.25, 0.3) is 5.57 Å². The predicted octanol–water partition coefficient (Wildman–Crippen LogP) is 1.10. The zero-order chi connectivity index (χ0) is 8.10. The van der Waals surface area contributed by atoms with Crippen LogP contribution >= 0.6 is 0 Å². The number of hydrogen-bond donors (Lipinski definition) is 0. The Morgan fingerprint density at radius 1 is 1.64 bits per heavy atom. The Balaban J connectivity index is 3.14. The molecule has 0 aromatic carbocycles. The first-order valence-electron chi connectivity index (χ1n) is 3.14. The maximum atomic E-state index is 10.1. The standard InChI is InChI=1S/C8H7NOS/c1-7(6-11-10)8-4-2-3-5-9-8/h2-5H,1H3. The molecule has 0 aliphatic rings. The molecule has 0 aliphatic heterocycles. The Kier molecular flexibility index (Phi) is 2.78. The molecule has 0 bridgehead atoms. The molecule has 1 aromatic heterocycles. The highest BCUT2D eigenvalue weighted by Crippen LogP contribution is 2.04. The molecule has 0 saturated carbocycles. The van der Waals surface area contributed by atoms with Gasteiger partial charge >= 0.3 is 0 Å². The molecule has 0 radical (unpaired) electrons. The summed E-state index contributed by atoms with van der Waals surface area (Å²) in [6.07, 6.45) is 1.69. The molecule has 11 heavy (non-hydrogen) atoms. The molecule has 1 heterocycles.